The molecule has 4 fully saturated rings. The molecular formula is C30H43N3O4. The van der Waals surface area contributed by atoms with Crippen LogP contribution in [-0.2, 0) is 20.9 Å². The predicted octanol–water partition coefficient (Wildman–Crippen LogP) is 5.18. The third-order valence-corrected chi connectivity index (χ3v) is 9.37. The Balaban J connectivity index is 1.06. The minimum atomic E-state index is -0.386. The minimum absolute atomic E-state index is 0.0673. The molecule has 1 aromatic rings. The van der Waals surface area contributed by atoms with Crippen LogP contribution in [-0.4, -0.2) is 66.6 Å². The van der Waals surface area contributed by atoms with E-state index in [9.17, 15) is 4.79 Å². The van der Waals surface area contributed by atoms with Gasteiger partial charge in [-0.3, -0.25) is 9.69 Å². The van der Waals surface area contributed by atoms with Crippen LogP contribution in [0.4, 0.5) is 0 Å². The number of piperidine rings is 1. The first-order valence-electron chi connectivity index (χ1n) is 14.6. The lowest BCUT2D eigenvalue weighted by molar-refractivity contribution is -0.156. The molecule has 2 saturated carbocycles. The summed E-state index contributed by atoms with van der Waals surface area (Å²) in [5.74, 6) is 3.56. The molecule has 6 rings (SSSR count). The van der Waals surface area contributed by atoms with E-state index in [1.54, 1.807) is 11.1 Å². The van der Waals surface area contributed by atoms with Gasteiger partial charge in [-0.2, -0.15) is 0 Å². The summed E-state index contributed by atoms with van der Waals surface area (Å²) in [6, 6.07) is 4.87. The van der Waals surface area contributed by atoms with Crippen molar-refractivity contribution in [1.82, 2.24) is 9.80 Å². The zero-order valence-corrected chi connectivity index (χ0v) is 22.9. The summed E-state index contributed by atoms with van der Waals surface area (Å²) in [7, 11) is 0. The molecule has 5 aliphatic rings. The van der Waals surface area contributed by atoms with Crippen molar-refractivity contribution in [2.24, 2.45) is 10.6 Å². The van der Waals surface area contributed by atoms with E-state index in [-0.39, 0.29) is 17.0 Å². The number of carbonyl (C=O) groups excluding carboxylic acids is 1. The Bertz CT molecular complexity index is 1050. The van der Waals surface area contributed by atoms with Gasteiger partial charge in [-0.1, -0.05) is 17.6 Å². The molecule has 0 N–H and O–H groups in total. The van der Waals surface area contributed by atoms with Gasteiger partial charge in [0.1, 0.15) is 11.6 Å². The maximum Gasteiger partial charge on any atom is 0.311 e. The van der Waals surface area contributed by atoms with Crippen molar-refractivity contribution >= 4 is 11.8 Å². The van der Waals surface area contributed by atoms with E-state index in [4.69, 9.17) is 14.3 Å². The highest BCUT2D eigenvalue weighted by molar-refractivity contribution is 5.85. The Morgan fingerprint density at radius 1 is 1.05 bits per heavy atom. The molecule has 1 spiro atoms. The van der Waals surface area contributed by atoms with Crippen LogP contribution in [0.5, 0.6) is 5.75 Å². The summed E-state index contributed by atoms with van der Waals surface area (Å²) >= 11 is 0. The lowest BCUT2D eigenvalue weighted by Crippen LogP contribution is -2.61. The Kier molecular flexibility index (Phi) is 6.62. The quantitative estimate of drug-likeness (QED) is 0.450. The highest BCUT2D eigenvalue weighted by atomic mass is 16.7. The van der Waals surface area contributed by atoms with E-state index >= 15 is 0 Å². The lowest BCUT2D eigenvalue weighted by Gasteiger charge is -2.46. The molecule has 3 heterocycles. The minimum Gasteiger partial charge on any atom is -0.494 e. The number of nitrogens with zero attached hydrogens (tertiary/aromatic N) is 3. The van der Waals surface area contributed by atoms with Crippen molar-refractivity contribution in [3.63, 3.8) is 0 Å². The van der Waals surface area contributed by atoms with Crippen LogP contribution in [0, 0.1) is 5.41 Å². The first kappa shape index (κ1) is 25.0. The summed E-state index contributed by atoms with van der Waals surface area (Å²) in [6.45, 7) is 11.5. The number of oxime groups is 1. The molecule has 2 saturated heterocycles. The zero-order chi connectivity index (χ0) is 25.6. The normalized spacial score (nSPS) is 24.7. The van der Waals surface area contributed by atoms with Crippen molar-refractivity contribution in [1.29, 1.82) is 0 Å². The van der Waals surface area contributed by atoms with E-state index in [0.717, 1.165) is 75.4 Å². The average Bonchev–Trinajstić information content (AvgIpc) is 3.58. The number of benzene rings is 1. The largest absolute Gasteiger partial charge is 0.494 e. The first-order valence-corrected chi connectivity index (χ1v) is 14.6. The number of hydrogen-bond acceptors (Lipinski definition) is 7. The van der Waals surface area contributed by atoms with E-state index in [1.807, 2.05) is 13.8 Å². The summed E-state index contributed by atoms with van der Waals surface area (Å²) in [6.07, 6.45) is 9.14. The topological polar surface area (TPSA) is 63.6 Å². The lowest BCUT2D eigenvalue weighted by atomic mass is 9.77. The average molecular weight is 510 g/mol. The van der Waals surface area contributed by atoms with Gasteiger partial charge in [-0.25, -0.2) is 0 Å². The smallest absolute Gasteiger partial charge is 0.311 e. The van der Waals surface area contributed by atoms with Crippen LogP contribution in [0.3, 0.4) is 0 Å². The SMILES string of the molecule is CCOC(=O)C1(C)CCN(C2=NOC3(C2)CN(Cc2cc(C4CC4)c(C4CCC4)cc2OCC)C3)CC1. The number of rotatable bonds is 8. The third-order valence-electron chi connectivity index (χ3n) is 9.37. The number of ether oxygens (including phenoxy) is 2. The molecule has 7 heteroatoms. The van der Waals surface area contributed by atoms with E-state index in [2.05, 4.69) is 34.0 Å². The number of carbonyl (C=O) groups is 1. The van der Waals surface area contributed by atoms with Crippen LogP contribution >= 0.6 is 0 Å². The molecule has 0 atom stereocenters. The molecular weight excluding hydrogens is 466 g/mol. The second-order valence-electron chi connectivity index (χ2n) is 12.3. The molecule has 1 aromatic carbocycles. The number of hydrogen-bond donors (Lipinski definition) is 0. The van der Waals surface area contributed by atoms with Crippen molar-refractivity contribution < 1.29 is 19.1 Å². The van der Waals surface area contributed by atoms with Crippen LogP contribution in [0.15, 0.2) is 17.3 Å². The second kappa shape index (κ2) is 9.79. The van der Waals surface area contributed by atoms with Gasteiger partial charge >= 0.3 is 5.97 Å². The fraction of sp³-hybridized carbons (Fsp3) is 0.733. The standard InChI is InChI=1S/C30H43N3O4/c1-4-35-26-16-25(21-7-6-8-21)24(22-9-10-22)15-23(26)18-32-19-30(20-32)17-27(31-37-30)33-13-11-29(3,12-14-33)28(34)36-5-2/h15-16,21-22H,4-14,17-20H2,1-3H3. The maximum atomic E-state index is 12.4. The first-order chi connectivity index (χ1) is 17.9. The zero-order valence-electron chi connectivity index (χ0n) is 22.9. The summed E-state index contributed by atoms with van der Waals surface area (Å²) in [5, 5.41) is 4.52. The van der Waals surface area contributed by atoms with Gasteiger partial charge in [-0.15, -0.1) is 0 Å². The van der Waals surface area contributed by atoms with E-state index < -0.39 is 0 Å². The van der Waals surface area contributed by atoms with Gasteiger partial charge in [0.05, 0.1) is 25.0 Å². The Labute approximate surface area is 221 Å². The Hall–Kier alpha value is -2.28. The van der Waals surface area contributed by atoms with E-state index in [1.165, 1.54) is 37.7 Å². The number of likely N-dealkylation sites (tertiary alicyclic amines) is 2. The Morgan fingerprint density at radius 2 is 1.76 bits per heavy atom. The fourth-order valence-corrected chi connectivity index (χ4v) is 6.62. The van der Waals surface area contributed by atoms with Crippen LogP contribution in [0.25, 0.3) is 0 Å². The predicted molar refractivity (Wildman–Crippen MR) is 143 cm³/mol. The highest BCUT2D eigenvalue weighted by Gasteiger charge is 2.51. The molecule has 3 aliphatic heterocycles. The third kappa shape index (κ3) is 4.84. The van der Waals surface area contributed by atoms with Gasteiger partial charge in [0.25, 0.3) is 0 Å². The molecule has 7 nitrogen and oxygen atoms in total. The Morgan fingerprint density at radius 3 is 2.38 bits per heavy atom. The van der Waals surface area contributed by atoms with Crippen molar-refractivity contribution in [2.75, 3.05) is 39.4 Å². The van der Waals surface area contributed by atoms with Gasteiger partial charge in [-0.05, 0) is 88.3 Å². The molecule has 0 aromatic heterocycles. The van der Waals surface area contributed by atoms with Gasteiger partial charge in [0.15, 0.2) is 5.60 Å². The van der Waals surface area contributed by atoms with Crippen molar-refractivity contribution in [2.45, 2.75) is 96.1 Å². The molecule has 0 radical (unpaired) electrons. The molecule has 0 bridgehead atoms. The summed E-state index contributed by atoms with van der Waals surface area (Å²) in [4.78, 5) is 23.2. The number of amidine groups is 1. The van der Waals surface area contributed by atoms with Gasteiger partial charge in [0, 0.05) is 38.3 Å². The molecule has 0 unspecified atom stereocenters. The molecule has 37 heavy (non-hydrogen) atoms. The fourth-order valence-electron chi connectivity index (χ4n) is 6.62. The van der Waals surface area contributed by atoms with E-state index in [0.29, 0.717) is 13.2 Å². The summed E-state index contributed by atoms with van der Waals surface area (Å²) in [5.41, 5.74) is 3.91. The molecule has 2 aliphatic carbocycles. The number of esters is 1. The molecule has 0 amide bonds. The maximum absolute atomic E-state index is 12.4. The van der Waals surface area contributed by atoms with Crippen LogP contribution in [0.2, 0.25) is 0 Å². The van der Waals surface area contributed by atoms with Crippen LogP contribution in [0.1, 0.15) is 101 Å². The molecule has 202 valence electrons. The summed E-state index contributed by atoms with van der Waals surface area (Å²) < 4.78 is 11.5. The van der Waals surface area contributed by atoms with Crippen LogP contribution < -0.4 is 4.74 Å². The van der Waals surface area contributed by atoms with Gasteiger partial charge < -0.3 is 19.2 Å². The second-order valence-corrected chi connectivity index (χ2v) is 12.3. The highest BCUT2D eigenvalue weighted by Crippen LogP contribution is 2.49. The van der Waals surface area contributed by atoms with Crippen molar-refractivity contribution in [3.05, 3.63) is 28.8 Å². The van der Waals surface area contributed by atoms with Crippen molar-refractivity contribution in [3.8, 4) is 5.75 Å². The monoisotopic (exact) mass is 509 g/mol. The van der Waals surface area contributed by atoms with Gasteiger partial charge in [0.2, 0.25) is 0 Å².